The fourth-order valence-corrected chi connectivity index (χ4v) is 4.14. The van der Waals surface area contributed by atoms with Crippen LogP contribution in [0.5, 0.6) is 11.5 Å². The minimum absolute atomic E-state index is 0.108. The first kappa shape index (κ1) is 20.6. The molecule has 0 aliphatic carbocycles. The van der Waals surface area contributed by atoms with Gasteiger partial charge in [-0.3, -0.25) is 14.2 Å². The number of carbonyl (C=O) groups excluding carboxylic acids is 1. The van der Waals surface area contributed by atoms with Crippen molar-refractivity contribution in [2.75, 3.05) is 24.3 Å². The highest BCUT2D eigenvalue weighted by atomic mass is 35.5. The Morgan fingerprint density at radius 3 is 2.80 bits per heavy atom. The molecule has 0 bridgehead atoms. The van der Waals surface area contributed by atoms with Crippen molar-refractivity contribution >= 4 is 45.9 Å². The maximum atomic E-state index is 12.9. The number of fused-ring (bicyclic) bond motifs is 2. The summed E-state index contributed by atoms with van der Waals surface area (Å²) in [4.78, 5) is 29.9. The Morgan fingerprint density at radius 1 is 1.20 bits per heavy atom. The normalized spacial score (nSPS) is 12.7. The molecule has 1 aromatic heterocycles. The molecule has 3 aromatic rings. The summed E-state index contributed by atoms with van der Waals surface area (Å²) in [5.74, 6) is 1.17. The number of nitrogens with zero attached hydrogens (tertiary/aromatic N) is 2. The van der Waals surface area contributed by atoms with Gasteiger partial charge in [-0.25, -0.2) is 4.98 Å². The van der Waals surface area contributed by atoms with Crippen molar-refractivity contribution < 1.29 is 14.3 Å². The summed E-state index contributed by atoms with van der Waals surface area (Å²) in [6.07, 6.45) is 0.775. The average molecular weight is 446 g/mol. The highest BCUT2D eigenvalue weighted by Crippen LogP contribution is 2.32. The second-order valence-corrected chi connectivity index (χ2v) is 8.09. The predicted octanol–water partition coefficient (Wildman–Crippen LogP) is 3.96. The van der Waals surface area contributed by atoms with Crippen LogP contribution in [0.1, 0.15) is 13.3 Å². The van der Waals surface area contributed by atoms with Gasteiger partial charge in [0.1, 0.15) is 13.2 Å². The van der Waals surface area contributed by atoms with E-state index < -0.39 is 0 Å². The van der Waals surface area contributed by atoms with Crippen molar-refractivity contribution in [3.8, 4) is 11.5 Å². The van der Waals surface area contributed by atoms with Gasteiger partial charge in [-0.15, -0.1) is 0 Å². The van der Waals surface area contributed by atoms with Gasteiger partial charge in [0.25, 0.3) is 5.56 Å². The molecule has 0 fully saturated rings. The van der Waals surface area contributed by atoms with E-state index in [9.17, 15) is 9.59 Å². The van der Waals surface area contributed by atoms with E-state index in [1.807, 2.05) is 6.92 Å². The number of anilines is 1. The molecule has 2 aromatic carbocycles. The second kappa shape index (κ2) is 8.97. The zero-order chi connectivity index (χ0) is 21.1. The van der Waals surface area contributed by atoms with E-state index in [1.54, 1.807) is 41.0 Å². The molecule has 1 aliphatic rings. The molecular formula is C21H20ClN3O4S. The molecule has 0 radical (unpaired) electrons. The Morgan fingerprint density at radius 2 is 2.00 bits per heavy atom. The van der Waals surface area contributed by atoms with Crippen molar-refractivity contribution in [3.05, 3.63) is 51.8 Å². The number of aromatic nitrogens is 2. The number of carbonyl (C=O) groups is 1. The third-order valence-electron chi connectivity index (χ3n) is 4.49. The maximum absolute atomic E-state index is 12.9. The third kappa shape index (κ3) is 4.39. The van der Waals surface area contributed by atoms with Gasteiger partial charge in [0.15, 0.2) is 16.7 Å². The summed E-state index contributed by atoms with van der Waals surface area (Å²) in [7, 11) is 0. The van der Waals surface area contributed by atoms with Gasteiger partial charge in [-0.1, -0.05) is 30.3 Å². The van der Waals surface area contributed by atoms with Gasteiger partial charge in [0.05, 0.1) is 16.7 Å². The largest absolute Gasteiger partial charge is 0.486 e. The fourth-order valence-electron chi connectivity index (χ4n) is 3.15. The van der Waals surface area contributed by atoms with Crippen LogP contribution in [0.2, 0.25) is 5.02 Å². The molecule has 1 aliphatic heterocycles. The van der Waals surface area contributed by atoms with Crippen molar-refractivity contribution in [2.24, 2.45) is 0 Å². The highest BCUT2D eigenvalue weighted by Gasteiger charge is 2.15. The summed E-state index contributed by atoms with van der Waals surface area (Å²) in [5, 5.41) is 4.36. The van der Waals surface area contributed by atoms with Gasteiger partial charge < -0.3 is 14.8 Å². The van der Waals surface area contributed by atoms with E-state index in [-0.39, 0.29) is 17.2 Å². The smallest absolute Gasteiger partial charge is 0.262 e. The van der Waals surface area contributed by atoms with Crippen LogP contribution < -0.4 is 20.3 Å². The van der Waals surface area contributed by atoms with Crippen LogP contribution in [0.3, 0.4) is 0 Å². The Bertz CT molecular complexity index is 1160. The molecular weight excluding hydrogens is 426 g/mol. The lowest BCUT2D eigenvalue weighted by molar-refractivity contribution is -0.113. The van der Waals surface area contributed by atoms with E-state index in [4.69, 9.17) is 21.1 Å². The number of nitrogens with one attached hydrogen (secondary N) is 1. The SMILES string of the molecule is CCCn1c(SCC(=O)Nc2ccc3c(c2)OCCO3)nc2cc(Cl)ccc2c1=O. The zero-order valence-electron chi connectivity index (χ0n) is 16.3. The van der Waals surface area contributed by atoms with Gasteiger partial charge in [0.2, 0.25) is 5.91 Å². The molecule has 2 heterocycles. The van der Waals surface area contributed by atoms with Crippen LogP contribution in [-0.2, 0) is 11.3 Å². The number of benzene rings is 2. The molecule has 0 saturated carbocycles. The number of hydrogen-bond acceptors (Lipinski definition) is 6. The summed E-state index contributed by atoms with van der Waals surface area (Å²) in [6.45, 7) is 3.50. The zero-order valence-corrected chi connectivity index (χ0v) is 17.9. The summed E-state index contributed by atoms with van der Waals surface area (Å²) in [5.41, 5.74) is 1.01. The molecule has 0 atom stereocenters. The first-order valence-corrected chi connectivity index (χ1v) is 10.9. The molecule has 156 valence electrons. The summed E-state index contributed by atoms with van der Waals surface area (Å²) >= 11 is 7.27. The Kier molecular flexibility index (Phi) is 6.15. The number of rotatable bonds is 6. The molecule has 1 N–H and O–H groups in total. The van der Waals surface area contributed by atoms with Crippen molar-refractivity contribution in [2.45, 2.75) is 25.0 Å². The maximum Gasteiger partial charge on any atom is 0.262 e. The lowest BCUT2D eigenvalue weighted by Crippen LogP contribution is -2.24. The minimum Gasteiger partial charge on any atom is -0.486 e. The van der Waals surface area contributed by atoms with Gasteiger partial charge in [-0.05, 0) is 36.8 Å². The minimum atomic E-state index is -0.208. The van der Waals surface area contributed by atoms with Gasteiger partial charge in [0, 0.05) is 23.3 Å². The molecule has 0 spiro atoms. The van der Waals surface area contributed by atoms with Crippen LogP contribution in [-0.4, -0.2) is 34.4 Å². The van der Waals surface area contributed by atoms with Crippen molar-refractivity contribution in [3.63, 3.8) is 0 Å². The Hall–Kier alpha value is -2.71. The highest BCUT2D eigenvalue weighted by molar-refractivity contribution is 7.99. The van der Waals surface area contributed by atoms with E-state index in [1.165, 1.54) is 11.8 Å². The number of ether oxygens (including phenoxy) is 2. The quantitative estimate of drug-likeness (QED) is 0.456. The van der Waals surface area contributed by atoms with Crippen LogP contribution in [0.25, 0.3) is 10.9 Å². The molecule has 30 heavy (non-hydrogen) atoms. The first-order valence-electron chi connectivity index (χ1n) is 9.57. The fraction of sp³-hybridized carbons (Fsp3) is 0.286. The van der Waals surface area contributed by atoms with Crippen molar-refractivity contribution in [1.82, 2.24) is 9.55 Å². The summed E-state index contributed by atoms with van der Waals surface area (Å²) < 4.78 is 12.6. The molecule has 9 heteroatoms. The van der Waals surface area contributed by atoms with Crippen LogP contribution in [0.15, 0.2) is 46.3 Å². The van der Waals surface area contributed by atoms with E-state index >= 15 is 0 Å². The van der Waals surface area contributed by atoms with Crippen molar-refractivity contribution in [1.29, 1.82) is 0 Å². The monoisotopic (exact) mass is 445 g/mol. The molecule has 1 amide bonds. The van der Waals surface area contributed by atoms with Crippen LogP contribution in [0.4, 0.5) is 5.69 Å². The lowest BCUT2D eigenvalue weighted by atomic mass is 10.2. The first-order chi connectivity index (χ1) is 14.5. The predicted molar refractivity (Wildman–Crippen MR) is 118 cm³/mol. The summed E-state index contributed by atoms with van der Waals surface area (Å²) in [6, 6.07) is 10.3. The molecule has 0 saturated heterocycles. The van der Waals surface area contributed by atoms with E-state index in [2.05, 4.69) is 10.3 Å². The van der Waals surface area contributed by atoms with E-state index in [0.29, 0.717) is 58.0 Å². The number of amides is 1. The second-order valence-electron chi connectivity index (χ2n) is 6.71. The van der Waals surface area contributed by atoms with Gasteiger partial charge in [-0.2, -0.15) is 0 Å². The molecule has 4 rings (SSSR count). The third-order valence-corrected chi connectivity index (χ3v) is 5.70. The van der Waals surface area contributed by atoms with Crippen LogP contribution in [0, 0.1) is 0 Å². The molecule has 0 unspecified atom stereocenters. The Balaban J connectivity index is 1.51. The topological polar surface area (TPSA) is 82.5 Å². The van der Waals surface area contributed by atoms with Crippen LogP contribution >= 0.6 is 23.4 Å². The number of thioether (sulfide) groups is 1. The molecule has 7 nitrogen and oxygen atoms in total. The lowest BCUT2D eigenvalue weighted by Gasteiger charge is -2.19. The average Bonchev–Trinajstić information content (AvgIpc) is 2.74. The van der Waals surface area contributed by atoms with Gasteiger partial charge >= 0.3 is 0 Å². The Labute approximate surface area is 182 Å². The number of hydrogen-bond donors (Lipinski definition) is 1. The number of halogens is 1. The van der Waals surface area contributed by atoms with E-state index in [0.717, 1.165) is 6.42 Å². The standard InChI is InChI=1S/C21H20ClN3O4S/c1-2-7-25-20(27)15-5-3-13(22)10-16(15)24-21(25)30-12-19(26)23-14-4-6-17-18(11-14)29-9-8-28-17/h3-6,10-11H,2,7-9,12H2,1H3,(H,23,26).